The van der Waals surface area contributed by atoms with Crippen molar-refractivity contribution < 1.29 is 4.39 Å². The summed E-state index contributed by atoms with van der Waals surface area (Å²) in [4.78, 5) is 2.06. The van der Waals surface area contributed by atoms with E-state index in [1.54, 1.807) is 11.6 Å². The molecule has 0 radical (unpaired) electrons. The highest BCUT2D eigenvalue weighted by Gasteiger charge is 2.09. The van der Waals surface area contributed by atoms with Crippen molar-refractivity contribution >= 4 is 5.69 Å². The lowest BCUT2D eigenvalue weighted by Crippen LogP contribution is -2.23. The molecule has 1 aliphatic carbocycles. The molecular formula is C19H29FN2. The molecule has 22 heavy (non-hydrogen) atoms. The quantitative estimate of drug-likeness (QED) is 0.555. The monoisotopic (exact) mass is 304 g/mol. The molecule has 0 fully saturated rings. The molecule has 122 valence electrons. The largest absolute Gasteiger partial charge is 0.370 e. The predicted molar refractivity (Wildman–Crippen MR) is 92.8 cm³/mol. The minimum absolute atomic E-state index is 0.125. The fourth-order valence-electron chi connectivity index (χ4n) is 3.09. The second-order valence-electron chi connectivity index (χ2n) is 5.99. The van der Waals surface area contributed by atoms with E-state index in [9.17, 15) is 4.39 Å². The van der Waals surface area contributed by atoms with Crippen molar-refractivity contribution in [2.45, 2.75) is 52.5 Å². The van der Waals surface area contributed by atoms with Crippen LogP contribution in [0, 0.1) is 5.82 Å². The van der Waals surface area contributed by atoms with Gasteiger partial charge in [0.2, 0.25) is 0 Å². The lowest BCUT2D eigenvalue weighted by atomic mass is 9.97. The topological polar surface area (TPSA) is 15.3 Å². The van der Waals surface area contributed by atoms with Gasteiger partial charge in [0.15, 0.2) is 0 Å². The van der Waals surface area contributed by atoms with Crippen molar-refractivity contribution in [2.75, 3.05) is 24.5 Å². The molecule has 0 saturated carbocycles. The Morgan fingerprint density at radius 3 is 2.68 bits per heavy atom. The number of rotatable bonds is 8. The highest BCUT2D eigenvalue weighted by atomic mass is 19.1. The first-order chi connectivity index (χ1) is 10.7. The van der Waals surface area contributed by atoms with Crippen LogP contribution in [0.1, 0.15) is 51.5 Å². The second-order valence-corrected chi connectivity index (χ2v) is 5.99. The number of halogens is 1. The Kier molecular flexibility index (Phi) is 6.91. The van der Waals surface area contributed by atoms with Crippen molar-refractivity contribution in [3.05, 3.63) is 41.2 Å². The van der Waals surface area contributed by atoms with Gasteiger partial charge in [-0.05, 0) is 70.2 Å². The van der Waals surface area contributed by atoms with Gasteiger partial charge in [-0.15, -0.1) is 0 Å². The zero-order valence-electron chi connectivity index (χ0n) is 14.0. The molecule has 0 unspecified atom stereocenters. The third kappa shape index (κ3) is 4.84. The maximum Gasteiger partial charge on any atom is 0.146 e. The summed E-state index contributed by atoms with van der Waals surface area (Å²) in [5.74, 6) is -0.125. The lowest BCUT2D eigenvalue weighted by molar-refractivity contribution is 0.614. The van der Waals surface area contributed by atoms with Crippen LogP contribution in [0.25, 0.3) is 0 Å². The molecule has 0 aliphatic heterocycles. The van der Waals surface area contributed by atoms with Crippen LogP contribution < -0.4 is 10.2 Å². The van der Waals surface area contributed by atoms with E-state index in [1.807, 2.05) is 12.1 Å². The summed E-state index contributed by atoms with van der Waals surface area (Å²) in [6.45, 7) is 7.60. The maximum absolute atomic E-state index is 14.0. The van der Waals surface area contributed by atoms with Gasteiger partial charge in [0, 0.05) is 19.6 Å². The van der Waals surface area contributed by atoms with E-state index in [0.29, 0.717) is 0 Å². The van der Waals surface area contributed by atoms with Crippen molar-refractivity contribution in [3.63, 3.8) is 0 Å². The first-order valence-corrected chi connectivity index (χ1v) is 8.66. The van der Waals surface area contributed by atoms with Gasteiger partial charge in [-0.3, -0.25) is 0 Å². The summed E-state index contributed by atoms with van der Waals surface area (Å²) >= 11 is 0. The highest BCUT2D eigenvalue weighted by Crippen LogP contribution is 2.21. The summed E-state index contributed by atoms with van der Waals surface area (Å²) in [6, 6.07) is 5.46. The fourth-order valence-corrected chi connectivity index (χ4v) is 3.09. The molecular weight excluding hydrogens is 275 g/mol. The lowest BCUT2D eigenvalue weighted by Gasteiger charge is -2.22. The first kappa shape index (κ1) is 17.0. The third-order valence-corrected chi connectivity index (χ3v) is 4.45. The minimum atomic E-state index is -0.125. The molecule has 0 bridgehead atoms. The Hall–Kier alpha value is -1.35. The highest BCUT2D eigenvalue weighted by molar-refractivity contribution is 5.49. The summed E-state index contributed by atoms with van der Waals surface area (Å²) in [7, 11) is 0. The van der Waals surface area contributed by atoms with Gasteiger partial charge < -0.3 is 10.2 Å². The van der Waals surface area contributed by atoms with E-state index >= 15 is 0 Å². The normalized spacial score (nSPS) is 14.8. The molecule has 1 aromatic carbocycles. The van der Waals surface area contributed by atoms with Gasteiger partial charge in [0.05, 0.1) is 5.69 Å². The van der Waals surface area contributed by atoms with Gasteiger partial charge in [-0.1, -0.05) is 17.7 Å². The van der Waals surface area contributed by atoms with Crippen molar-refractivity contribution in [1.29, 1.82) is 0 Å². The minimum Gasteiger partial charge on any atom is -0.370 e. The van der Waals surface area contributed by atoms with E-state index in [0.717, 1.165) is 43.9 Å². The van der Waals surface area contributed by atoms with Gasteiger partial charge in [0.1, 0.15) is 5.82 Å². The number of anilines is 1. The Morgan fingerprint density at radius 2 is 2.00 bits per heavy atom. The molecule has 2 rings (SSSR count). The second kappa shape index (κ2) is 8.94. The Morgan fingerprint density at radius 1 is 1.18 bits per heavy atom. The molecule has 0 amide bonds. The number of hydrogen-bond donors (Lipinski definition) is 1. The summed E-state index contributed by atoms with van der Waals surface area (Å²) in [5.41, 5.74) is 3.47. The van der Waals surface area contributed by atoms with Crippen LogP contribution in [-0.4, -0.2) is 19.6 Å². The van der Waals surface area contributed by atoms with E-state index in [-0.39, 0.29) is 5.82 Å². The van der Waals surface area contributed by atoms with Crippen LogP contribution in [0.3, 0.4) is 0 Å². The summed E-state index contributed by atoms with van der Waals surface area (Å²) in [5, 5.41) is 3.49. The van der Waals surface area contributed by atoms with Gasteiger partial charge in [-0.25, -0.2) is 4.39 Å². The number of hydrogen-bond acceptors (Lipinski definition) is 2. The van der Waals surface area contributed by atoms with Crippen LogP contribution in [0.2, 0.25) is 0 Å². The molecule has 2 nitrogen and oxygen atoms in total. The molecule has 0 heterocycles. The third-order valence-electron chi connectivity index (χ3n) is 4.45. The predicted octanol–water partition coefficient (Wildman–Crippen LogP) is 4.65. The van der Waals surface area contributed by atoms with Gasteiger partial charge in [0.25, 0.3) is 0 Å². The van der Waals surface area contributed by atoms with E-state index in [2.05, 4.69) is 30.1 Å². The number of nitrogens with one attached hydrogen (secondary N) is 1. The molecule has 0 atom stereocenters. The fraction of sp³-hybridized carbons (Fsp3) is 0.579. The Bertz CT molecular complexity index is 492. The molecule has 1 N–H and O–H groups in total. The molecule has 1 aliphatic rings. The van der Waals surface area contributed by atoms with Crippen molar-refractivity contribution in [2.24, 2.45) is 0 Å². The number of benzene rings is 1. The number of nitrogens with zero attached hydrogens (tertiary/aromatic N) is 1. The molecule has 1 aromatic rings. The summed E-state index contributed by atoms with van der Waals surface area (Å²) < 4.78 is 14.0. The van der Waals surface area contributed by atoms with Gasteiger partial charge in [-0.2, -0.15) is 0 Å². The summed E-state index contributed by atoms with van der Waals surface area (Å²) in [6.07, 6.45) is 8.76. The van der Waals surface area contributed by atoms with Crippen LogP contribution in [0.4, 0.5) is 10.1 Å². The SMILES string of the molecule is CCN(CC)c1cc(CNCCC2=CCCCC2)ccc1F. The standard InChI is InChI=1S/C19H29FN2/c1-3-22(4-2)19-14-17(10-11-18(19)20)15-21-13-12-16-8-6-5-7-9-16/h8,10-11,14,21H,3-7,9,12-13,15H2,1-2H3. The average Bonchev–Trinajstić information content (AvgIpc) is 2.56. The van der Waals surface area contributed by atoms with Crippen LogP contribution >= 0.6 is 0 Å². The zero-order chi connectivity index (χ0) is 15.8. The first-order valence-electron chi connectivity index (χ1n) is 8.66. The molecule has 0 saturated heterocycles. The Balaban J connectivity index is 1.84. The molecule has 0 spiro atoms. The zero-order valence-corrected chi connectivity index (χ0v) is 14.0. The van der Waals surface area contributed by atoms with E-state index in [1.165, 1.54) is 25.7 Å². The Labute approximate surface area is 134 Å². The van der Waals surface area contributed by atoms with Crippen molar-refractivity contribution in [1.82, 2.24) is 5.32 Å². The molecule has 3 heteroatoms. The van der Waals surface area contributed by atoms with Crippen molar-refractivity contribution in [3.8, 4) is 0 Å². The average molecular weight is 304 g/mol. The van der Waals surface area contributed by atoms with Crippen LogP contribution in [0.5, 0.6) is 0 Å². The van der Waals surface area contributed by atoms with E-state index in [4.69, 9.17) is 0 Å². The van der Waals surface area contributed by atoms with E-state index < -0.39 is 0 Å². The maximum atomic E-state index is 14.0. The molecule has 0 aromatic heterocycles. The van der Waals surface area contributed by atoms with Gasteiger partial charge >= 0.3 is 0 Å². The van der Waals surface area contributed by atoms with Crippen LogP contribution in [-0.2, 0) is 6.54 Å². The number of allylic oxidation sites excluding steroid dienone is 1. The van der Waals surface area contributed by atoms with Crippen LogP contribution in [0.15, 0.2) is 29.8 Å². The smallest absolute Gasteiger partial charge is 0.146 e.